The lowest BCUT2D eigenvalue weighted by molar-refractivity contribution is -0.146. The van der Waals surface area contributed by atoms with Gasteiger partial charge in [-0.2, -0.15) is 0 Å². The van der Waals surface area contributed by atoms with Gasteiger partial charge in [-0.1, -0.05) is 35.7 Å². The van der Waals surface area contributed by atoms with Gasteiger partial charge in [-0.05, 0) is 30.2 Å². The van der Waals surface area contributed by atoms with Gasteiger partial charge in [0.25, 0.3) is 0 Å². The van der Waals surface area contributed by atoms with E-state index in [9.17, 15) is 15.0 Å². The number of carbonyl (C=O) groups is 1. The molecule has 2 atom stereocenters. The molecule has 0 spiro atoms. The predicted molar refractivity (Wildman–Crippen MR) is 76.3 cm³/mol. The van der Waals surface area contributed by atoms with Gasteiger partial charge in [-0.25, -0.2) is 0 Å². The van der Waals surface area contributed by atoms with Gasteiger partial charge in [-0.3, -0.25) is 4.79 Å². The first-order valence-corrected chi connectivity index (χ1v) is 7.04. The van der Waals surface area contributed by atoms with Gasteiger partial charge in [0, 0.05) is 4.47 Å². The summed E-state index contributed by atoms with van der Waals surface area (Å²) in [5.74, 6) is -1.18. The summed E-state index contributed by atoms with van der Waals surface area (Å²) in [5.41, 5.74) is 0.544. The molecular weight excluding hydrogens is 312 g/mol. The molecule has 4 nitrogen and oxygen atoms in total. The molecule has 0 aromatic heterocycles. The Hall–Kier alpha value is -1.07. The maximum absolute atomic E-state index is 11.3. The van der Waals surface area contributed by atoms with Crippen molar-refractivity contribution in [3.63, 3.8) is 0 Å². The number of benzene rings is 1. The lowest BCUT2D eigenvalue weighted by Gasteiger charge is -2.21. The fraction of sp³-hybridized carbons (Fsp3) is 0.500. The second-order valence-electron chi connectivity index (χ2n) is 4.42. The third-order valence-electron chi connectivity index (χ3n) is 3.09. The highest BCUT2D eigenvalue weighted by atomic mass is 79.9. The van der Waals surface area contributed by atoms with E-state index in [1.165, 1.54) is 7.11 Å². The van der Waals surface area contributed by atoms with Crippen LogP contribution in [0.3, 0.4) is 0 Å². The maximum atomic E-state index is 11.3. The molecule has 0 saturated heterocycles. The fourth-order valence-electron chi connectivity index (χ4n) is 1.93. The van der Waals surface area contributed by atoms with Gasteiger partial charge >= 0.3 is 5.97 Å². The van der Waals surface area contributed by atoms with Gasteiger partial charge in [0.15, 0.2) is 0 Å². The molecule has 19 heavy (non-hydrogen) atoms. The molecule has 1 aromatic carbocycles. The number of aliphatic carboxylic acids is 1. The zero-order valence-electron chi connectivity index (χ0n) is 11.1. The summed E-state index contributed by atoms with van der Waals surface area (Å²) in [6.07, 6.45) is 1.08. The SMILES string of the molecule is CCCCC(C(=O)O)C(O)c1cc(OC)ccc1Br. The molecule has 5 heteroatoms. The van der Waals surface area contributed by atoms with Crippen molar-refractivity contribution >= 4 is 21.9 Å². The zero-order chi connectivity index (χ0) is 14.4. The number of aliphatic hydroxyl groups excluding tert-OH is 1. The Balaban J connectivity index is 3.01. The van der Waals surface area contributed by atoms with Crippen LogP contribution < -0.4 is 4.74 Å². The van der Waals surface area contributed by atoms with Gasteiger partial charge < -0.3 is 14.9 Å². The monoisotopic (exact) mass is 330 g/mol. The van der Waals surface area contributed by atoms with Crippen LogP contribution in [-0.2, 0) is 4.79 Å². The van der Waals surface area contributed by atoms with Crippen molar-refractivity contribution in [3.8, 4) is 5.75 Å². The number of carboxylic acids is 1. The highest BCUT2D eigenvalue weighted by Crippen LogP contribution is 2.34. The summed E-state index contributed by atoms with van der Waals surface area (Å²) in [6, 6.07) is 5.16. The Kier molecular flexibility index (Phi) is 6.31. The second-order valence-corrected chi connectivity index (χ2v) is 5.27. The second kappa shape index (κ2) is 7.50. The van der Waals surface area contributed by atoms with Crippen LogP contribution in [-0.4, -0.2) is 23.3 Å². The van der Waals surface area contributed by atoms with E-state index in [-0.39, 0.29) is 0 Å². The normalized spacial score (nSPS) is 13.9. The van der Waals surface area contributed by atoms with Crippen LogP contribution >= 0.6 is 15.9 Å². The Labute approximate surface area is 121 Å². The Morgan fingerprint density at radius 2 is 2.16 bits per heavy atom. The summed E-state index contributed by atoms with van der Waals surface area (Å²) in [4.78, 5) is 11.3. The average Bonchev–Trinajstić information content (AvgIpc) is 2.39. The zero-order valence-corrected chi connectivity index (χ0v) is 12.7. The van der Waals surface area contributed by atoms with Crippen LogP contribution in [0.2, 0.25) is 0 Å². The summed E-state index contributed by atoms with van der Waals surface area (Å²) < 4.78 is 5.79. The first-order chi connectivity index (χ1) is 9.01. The van der Waals surface area contributed by atoms with E-state index in [2.05, 4.69) is 15.9 Å². The molecule has 0 radical (unpaired) electrons. The number of ether oxygens (including phenoxy) is 1. The average molecular weight is 331 g/mol. The molecule has 106 valence electrons. The lowest BCUT2D eigenvalue weighted by atomic mass is 9.91. The molecule has 0 amide bonds. The highest BCUT2D eigenvalue weighted by Gasteiger charge is 2.28. The van der Waals surface area contributed by atoms with Crippen molar-refractivity contribution in [1.29, 1.82) is 0 Å². The van der Waals surface area contributed by atoms with Gasteiger partial charge in [0.05, 0.1) is 19.1 Å². The molecule has 2 N–H and O–H groups in total. The quantitative estimate of drug-likeness (QED) is 0.804. The first kappa shape index (κ1) is 16.0. The van der Waals surface area contributed by atoms with Crippen molar-refractivity contribution < 1.29 is 19.7 Å². The number of methoxy groups -OCH3 is 1. The van der Waals surface area contributed by atoms with Gasteiger partial charge in [0.1, 0.15) is 5.75 Å². The van der Waals surface area contributed by atoms with E-state index in [1.807, 2.05) is 6.92 Å². The summed E-state index contributed by atoms with van der Waals surface area (Å²) in [6.45, 7) is 1.99. The van der Waals surface area contributed by atoms with Crippen molar-refractivity contribution in [2.24, 2.45) is 5.92 Å². The molecule has 0 aliphatic heterocycles. The molecule has 0 saturated carbocycles. The molecule has 1 aromatic rings. The topological polar surface area (TPSA) is 66.8 Å². The lowest BCUT2D eigenvalue weighted by Crippen LogP contribution is -2.22. The molecule has 0 bridgehead atoms. The van der Waals surface area contributed by atoms with Crippen LogP contribution in [0.4, 0.5) is 0 Å². The number of rotatable bonds is 7. The van der Waals surface area contributed by atoms with E-state index in [1.54, 1.807) is 18.2 Å². The Bertz CT molecular complexity index is 433. The summed E-state index contributed by atoms with van der Waals surface area (Å²) in [5, 5.41) is 19.6. The standard InChI is InChI=1S/C14H19BrO4/c1-3-4-5-10(14(17)18)13(16)11-8-9(19-2)6-7-12(11)15/h6-8,10,13,16H,3-5H2,1-2H3,(H,17,18). The summed E-state index contributed by atoms with van der Waals surface area (Å²) >= 11 is 3.34. The summed E-state index contributed by atoms with van der Waals surface area (Å²) in [7, 11) is 1.53. The highest BCUT2D eigenvalue weighted by molar-refractivity contribution is 9.10. The van der Waals surface area contributed by atoms with Crippen LogP contribution in [0, 0.1) is 5.92 Å². The van der Waals surface area contributed by atoms with E-state index in [0.717, 1.165) is 12.8 Å². The maximum Gasteiger partial charge on any atom is 0.309 e. The van der Waals surface area contributed by atoms with Crippen LogP contribution in [0.25, 0.3) is 0 Å². The molecule has 0 aliphatic rings. The number of hydrogen-bond acceptors (Lipinski definition) is 3. The van der Waals surface area contributed by atoms with Crippen LogP contribution in [0.1, 0.15) is 37.9 Å². The van der Waals surface area contributed by atoms with Crippen molar-refractivity contribution in [3.05, 3.63) is 28.2 Å². The van der Waals surface area contributed by atoms with Crippen molar-refractivity contribution in [1.82, 2.24) is 0 Å². The smallest absolute Gasteiger partial charge is 0.309 e. The van der Waals surface area contributed by atoms with Crippen LogP contribution in [0.15, 0.2) is 22.7 Å². The number of halogens is 1. The predicted octanol–water partition coefficient (Wildman–Crippen LogP) is 3.38. The van der Waals surface area contributed by atoms with Gasteiger partial charge in [-0.15, -0.1) is 0 Å². The van der Waals surface area contributed by atoms with E-state index in [0.29, 0.717) is 22.2 Å². The van der Waals surface area contributed by atoms with E-state index >= 15 is 0 Å². The molecule has 1 rings (SSSR count). The third-order valence-corrected chi connectivity index (χ3v) is 3.81. The molecule has 0 fully saturated rings. The third kappa shape index (κ3) is 4.21. The molecule has 0 heterocycles. The molecule has 2 unspecified atom stereocenters. The number of hydrogen-bond donors (Lipinski definition) is 2. The largest absolute Gasteiger partial charge is 0.497 e. The van der Waals surface area contributed by atoms with E-state index in [4.69, 9.17) is 4.74 Å². The Morgan fingerprint density at radius 1 is 1.47 bits per heavy atom. The Morgan fingerprint density at radius 3 is 2.68 bits per heavy atom. The molecular formula is C14H19BrO4. The minimum absolute atomic E-state index is 0.455. The minimum Gasteiger partial charge on any atom is -0.497 e. The number of unbranched alkanes of at least 4 members (excludes halogenated alkanes) is 1. The first-order valence-electron chi connectivity index (χ1n) is 6.25. The van der Waals surface area contributed by atoms with E-state index < -0.39 is 18.0 Å². The van der Waals surface area contributed by atoms with Crippen LogP contribution in [0.5, 0.6) is 5.75 Å². The molecule has 0 aliphatic carbocycles. The number of carboxylic acid groups (broad SMARTS) is 1. The fourth-order valence-corrected chi connectivity index (χ4v) is 2.41. The minimum atomic E-state index is -1.05. The number of aliphatic hydroxyl groups is 1. The van der Waals surface area contributed by atoms with Crippen molar-refractivity contribution in [2.45, 2.75) is 32.3 Å². The van der Waals surface area contributed by atoms with Gasteiger partial charge in [0.2, 0.25) is 0 Å². The van der Waals surface area contributed by atoms with Crippen molar-refractivity contribution in [2.75, 3.05) is 7.11 Å².